The Morgan fingerprint density at radius 1 is 1.26 bits per heavy atom. The molecule has 0 fully saturated rings. The van der Waals surface area contributed by atoms with Gasteiger partial charge in [-0.05, 0) is 23.1 Å². The van der Waals surface area contributed by atoms with E-state index in [-0.39, 0.29) is 0 Å². The zero-order valence-electron chi connectivity index (χ0n) is 13.4. The van der Waals surface area contributed by atoms with Crippen molar-refractivity contribution in [3.8, 4) is 5.69 Å². The third-order valence-electron chi connectivity index (χ3n) is 3.61. The fourth-order valence-electron chi connectivity index (χ4n) is 2.54. The van der Waals surface area contributed by atoms with Gasteiger partial charge in [0.15, 0.2) is 0 Å². The second kappa shape index (κ2) is 6.20. The van der Waals surface area contributed by atoms with E-state index in [9.17, 15) is 14.7 Å². The number of imidazole rings is 1. The molecule has 2 N–H and O–H groups in total. The summed E-state index contributed by atoms with van der Waals surface area (Å²) < 4.78 is 2.65. The monoisotopic (exact) mass is 316 g/mol. The molecule has 0 radical (unpaired) electrons. The van der Waals surface area contributed by atoms with Gasteiger partial charge in [0.2, 0.25) is 0 Å². The third kappa shape index (κ3) is 3.39. The quantitative estimate of drug-likeness (QED) is 0.829. The Kier molecular flexibility index (Phi) is 4.49. The van der Waals surface area contributed by atoms with E-state index in [0.717, 1.165) is 5.56 Å². The molecule has 2 rings (SSSR count). The van der Waals surface area contributed by atoms with Crippen LogP contribution in [0, 0.1) is 10.9 Å². The molecular formula is C16H20N4O3. The normalized spacial score (nSPS) is 12.8. The number of carboxylic acids is 1. The van der Waals surface area contributed by atoms with Crippen LogP contribution in [0.5, 0.6) is 0 Å². The fourth-order valence-corrected chi connectivity index (χ4v) is 2.54. The van der Waals surface area contributed by atoms with Gasteiger partial charge < -0.3 is 5.11 Å². The summed E-state index contributed by atoms with van der Waals surface area (Å²) in [5, 5.41) is 12.8. The van der Waals surface area contributed by atoms with Crippen molar-refractivity contribution in [3.05, 3.63) is 52.7 Å². The second-order valence-corrected chi connectivity index (χ2v) is 6.45. The summed E-state index contributed by atoms with van der Waals surface area (Å²) in [5.74, 6) is -1.04. The van der Waals surface area contributed by atoms with Crippen molar-refractivity contribution in [1.29, 1.82) is 5.53 Å². The third-order valence-corrected chi connectivity index (χ3v) is 3.61. The van der Waals surface area contributed by atoms with E-state index in [1.165, 1.54) is 15.3 Å². The molecule has 23 heavy (non-hydrogen) atoms. The lowest BCUT2D eigenvalue weighted by molar-refractivity contribution is -0.144. The molecule has 1 unspecified atom stereocenters. The minimum absolute atomic E-state index is 0.293. The molecule has 2 aromatic rings. The second-order valence-electron chi connectivity index (χ2n) is 6.45. The lowest BCUT2D eigenvalue weighted by atomic mass is 9.86. The van der Waals surface area contributed by atoms with Gasteiger partial charge >= 0.3 is 11.7 Å². The number of aromatic nitrogens is 2. The first kappa shape index (κ1) is 16.7. The molecule has 0 amide bonds. The first-order valence-electron chi connectivity index (χ1n) is 7.20. The van der Waals surface area contributed by atoms with Crippen LogP contribution in [-0.4, -0.2) is 20.2 Å². The molecule has 0 spiro atoms. The van der Waals surface area contributed by atoms with Crippen LogP contribution < -0.4 is 5.69 Å². The predicted octanol–water partition coefficient (Wildman–Crippen LogP) is 2.84. The number of nitrogens with one attached hydrogen (secondary N) is 1. The molecule has 0 aliphatic carbocycles. The molecule has 0 bridgehead atoms. The lowest BCUT2D eigenvalue weighted by Gasteiger charge is -2.27. The van der Waals surface area contributed by atoms with Crippen molar-refractivity contribution in [3.63, 3.8) is 0 Å². The number of hydrogen-bond donors (Lipinski definition) is 2. The van der Waals surface area contributed by atoms with Gasteiger partial charge in [-0.15, -0.1) is 0 Å². The average Bonchev–Trinajstić information content (AvgIpc) is 2.80. The van der Waals surface area contributed by atoms with E-state index in [1.54, 1.807) is 51.2 Å². The maximum absolute atomic E-state index is 12.6. The minimum atomic E-state index is -1.04. The summed E-state index contributed by atoms with van der Waals surface area (Å²) in [7, 11) is 0. The Hall–Kier alpha value is -2.70. The van der Waals surface area contributed by atoms with Crippen molar-refractivity contribution in [1.82, 2.24) is 9.13 Å². The average molecular weight is 316 g/mol. The maximum Gasteiger partial charge on any atom is 0.333 e. The Morgan fingerprint density at radius 2 is 1.87 bits per heavy atom. The predicted molar refractivity (Wildman–Crippen MR) is 85.0 cm³/mol. The van der Waals surface area contributed by atoms with Gasteiger partial charge in [-0.3, -0.25) is 9.13 Å². The number of carbonyl (C=O) groups is 1. The van der Waals surface area contributed by atoms with Gasteiger partial charge in [-0.2, -0.15) is 5.11 Å². The molecule has 1 heterocycles. The van der Waals surface area contributed by atoms with E-state index in [1.807, 2.05) is 0 Å². The molecule has 0 aliphatic rings. The fraction of sp³-hybridized carbons (Fsp3) is 0.375. The highest BCUT2D eigenvalue weighted by atomic mass is 16.4. The first-order valence-corrected chi connectivity index (χ1v) is 7.20. The SMILES string of the molecule is CC(C)(C)C(C(=O)O)n1ccn(-c2ccc(CN=N)cc2)c1=O. The zero-order chi connectivity index (χ0) is 17.2. The standard InChI is InChI=1S/C16H20N4O3/c1-16(2,3)13(14(21)22)20-9-8-19(15(20)23)12-6-4-11(5-7-12)10-18-17/h4-9,13,17H,10H2,1-3H3,(H,21,22). The van der Waals surface area contributed by atoms with Crippen molar-refractivity contribution in [2.45, 2.75) is 33.4 Å². The van der Waals surface area contributed by atoms with E-state index >= 15 is 0 Å². The van der Waals surface area contributed by atoms with Gasteiger partial charge in [0.25, 0.3) is 0 Å². The highest BCUT2D eigenvalue weighted by molar-refractivity contribution is 5.72. The highest BCUT2D eigenvalue weighted by Crippen LogP contribution is 2.29. The number of hydrogen-bond acceptors (Lipinski definition) is 4. The van der Waals surface area contributed by atoms with Crippen molar-refractivity contribution < 1.29 is 9.90 Å². The van der Waals surface area contributed by atoms with Gasteiger partial charge in [0.1, 0.15) is 6.04 Å². The van der Waals surface area contributed by atoms with E-state index in [0.29, 0.717) is 12.2 Å². The molecule has 0 aliphatic heterocycles. The van der Waals surface area contributed by atoms with E-state index in [4.69, 9.17) is 5.53 Å². The summed E-state index contributed by atoms with van der Waals surface area (Å²) in [6.45, 7) is 5.65. The minimum Gasteiger partial charge on any atom is -0.480 e. The molecule has 1 aromatic carbocycles. The van der Waals surface area contributed by atoms with Crippen LogP contribution in [0.2, 0.25) is 0 Å². The van der Waals surface area contributed by atoms with Crippen molar-refractivity contribution in [2.75, 3.05) is 0 Å². The van der Waals surface area contributed by atoms with Crippen LogP contribution in [0.15, 0.2) is 46.6 Å². The van der Waals surface area contributed by atoms with Gasteiger partial charge in [0.05, 0.1) is 12.2 Å². The Bertz CT molecular complexity index is 766. The molecule has 0 saturated carbocycles. The first-order chi connectivity index (χ1) is 10.8. The van der Waals surface area contributed by atoms with E-state index in [2.05, 4.69) is 5.11 Å². The van der Waals surface area contributed by atoms with Crippen molar-refractivity contribution >= 4 is 5.97 Å². The molecular weight excluding hydrogens is 296 g/mol. The number of rotatable bonds is 5. The molecule has 0 saturated heterocycles. The number of carboxylic acid groups (broad SMARTS) is 1. The number of nitrogens with zero attached hydrogens (tertiary/aromatic N) is 3. The molecule has 1 atom stereocenters. The molecule has 1 aromatic heterocycles. The van der Waals surface area contributed by atoms with Gasteiger partial charge in [-0.25, -0.2) is 15.1 Å². The number of benzene rings is 1. The summed E-state index contributed by atoms with van der Waals surface area (Å²) in [5.41, 5.74) is 7.37. The Morgan fingerprint density at radius 3 is 2.35 bits per heavy atom. The smallest absolute Gasteiger partial charge is 0.333 e. The van der Waals surface area contributed by atoms with Crippen LogP contribution in [0.3, 0.4) is 0 Å². The summed E-state index contributed by atoms with van der Waals surface area (Å²) in [4.78, 5) is 24.2. The van der Waals surface area contributed by atoms with Crippen LogP contribution in [0.4, 0.5) is 0 Å². The van der Waals surface area contributed by atoms with E-state index < -0.39 is 23.1 Å². The van der Waals surface area contributed by atoms with Gasteiger partial charge in [0, 0.05) is 12.4 Å². The van der Waals surface area contributed by atoms with Crippen LogP contribution in [-0.2, 0) is 11.3 Å². The van der Waals surface area contributed by atoms with Gasteiger partial charge in [-0.1, -0.05) is 32.9 Å². The topological polar surface area (TPSA) is 100 Å². The number of aliphatic carboxylic acids is 1. The summed E-state index contributed by atoms with van der Waals surface area (Å²) in [6, 6.07) is 6.13. The van der Waals surface area contributed by atoms with Crippen LogP contribution >= 0.6 is 0 Å². The molecule has 122 valence electrons. The summed E-state index contributed by atoms with van der Waals surface area (Å²) in [6.07, 6.45) is 3.06. The highest BCUT2D eigenvalue weighted by Gasteiger charge is 2.34. The maximum atomic E-state index is 12.6. The molecule has 7 nitrogen and oxygen atoms in total. The lowest BCUT2D eigenvalue weighted by Crippen LogP contribution is -2.37. The van der Waals surface area contributed by atoms with Crippen molar-refractivity contribution in [2.24, 2.45) is 10.5 Å². The van der Waals surface area contributed by atoms with Crippen LogP contribution in [0.25, 0.3) is 5.69 Å². The summed E-state index contributed by atoms with van der Waals surface area (Å²) >= 11 is 0. The Balaban J connectivity index is 2.44. The zero-order valence-corrected chi connectivity index (χ0v) is 13.4. The molecule has 7 heteroatoms. The van der Waals surface area contributed by atoms with Crippen LogP contribution in [0.1, 0.15) is 32.4 Å². The Labute approximate surface area is 133 Å². The largest absolute Gasteiger partial charge is 0.480 e.